The van der Waals surface area contributed by atoms with Crippen molar-refractivity contribution < 1.29 is 14.7 Å². The van der Waals surface area contributed by atoms with Crippen LogP contribution in [0.3, 0.4) is 0 Å². The van der Waals surface area contributed by atoms with Gasteiger partial charge < -0.3 is 15.3 Å². The normalized spacial score (nSPS) is 11.8. The Kier molecular flexibility index (Phi) is 5.96. The van der Waals surface area contributed by atoms with E-state index in [2.05, 4.69) is 10.3 Å². The molecule has 20 heavy (non-hydrogen) atoms. The number of carbonyl (C=O) groups excluding carboxylic acids is 1. The van der Waals surface area contributed by atoms with Crippen molar-refractivity contribution >= 4 is 12.0 Å². The van der Waals surface area contributed by atoms with Gasteiger partial charge in [-0.3, -0.25) is 9.78 Å². The van der Waals surface area contributed by atoms with Crippen molar-refractivity contribution in [2.75, 3.05) is 7.05 Å². The number of amides is 2. The molecular formula is C14H21N3O3. The second-order valence-electron chi connectivity index (χ2n) is 4.91. The van der Waals surface area contributed by atoms with E-state index in [1.165, 1.54) is 4.90 Å². The topological polar surface area (TPSA) is 82.5 Å². The van der Waals surface area contributed by atoms with Crippen molar-refractivity contribution in [3.8, 4) is 0 Å². The summed E-state index contributed by atoms with van der Waals surface area (Å²) in [5.41, 5.74) is 1.73. The zero-order chi connectivity index (χ0) is 15.1. The van der Waals surface area contributed by atoms with Gasteiger partial charge in [-0.1, -0.05) is 6.07 Å². The molecule has 0 aliphatic rings. The number of urea groups is 1. The molecule has 0 saturated heterocycles. The van der Waals surface area contributed by atoms with Crippen LogP contribution in [-0.4, -0.2) is 40.1 Å². The molecule has 1 unspecified atom stereocenters. The number of carboxylic acids is 1. The minimum absolute atomic E-state index is 0.0462. The minimum Gasteiger partial charge on any atom is -0.481 e. The summed E-state index contributed by atoms with van der Waals surface area (Å²) in [6, 6.07) is 5.26. The van der Waals surface area contributed by atoms with E-state index in [-0.39, 0.29) is 18.5 Å². The van der Waals surface area contributed by atoms with Crippen LogP contribution < -0.4 is 5.32 Å². The fourth-order valence-corrected chi connectivity index (χ4v) is 1.74. The van der Waals surface area contributed by atoms with Crippen LogP contribution in [0.5, 0.6) is 0 Å². The summed E-state index contributed by atoms with van der Waals surface area (Å²) in [5.74, 6) is -0.858. The Morgan fingerprint density at radius 1 is 1.45 bits per heavy atom. The summed E-state index contributed by atoms with van der Waals surface area (Å²) >= 11 is 0. The number of nitrogens with zero attached hydrogens (tertiary/aromatic N) is 2. The van der Waals surface area contributed by atoms with E-state index in [1.54, 1.807) is 14.0 Å². The van der Waals surface area contributed by atoms with E-state index in [0.29, 0.717) is 13.0 Å². The lowest BCUT2D eigenvalue weighted by atomic mass is 10.2. The minimum atomic E-state index is -0.858. The maximum atomic E-state index is 11.9. The first kappa shape index (κ1) is 15.9. The van der Waals surface area contributed by atoms with Gasteiger partial charge in [0.15, 0.2) is 0 Å². The third-order valence-electron chi connectivity index (χ3n) is 2.85. The molecule has 1 aromatic rings. The average Bonchev–Trinajstić information content (AvgIpc) is 2.36. The highest BCUT2D eigenvalue weighted by Gasteiger charge is 2.13. The standard InChI is InChI=1S/C14H21N3O3/c1-10-5-4-6-12(15-10)9-17(3)14(20)16-11(2)7-8-13(18)19/h4-6,11H,7-9H2,1-3H3,(H,16,20)(H,18,19). The van der Waals surface area contributed by atoms with Crippen molar-refractivity contribution in [3.63, 3.8) is 0 Å². The molecule has 0 aliphatic heterocycles. The molecule has 0 saturated carbocycles. The molecule has 2 N–H and O–H groups in total. The zero-order valence-corrected chi connectivity index (χ0v) is 12.1. The molecule has 6 nitrogen and oxygen atoms in total. The van der Waals surface area contributed by atoms with Gasteiger partial charge in [0.1, 0.15) is 0 Å². The van der Waals surface area contributed by atoms with Crippen LogP contribution >= 0.6 is 0 Å². The molecule has 2 amide bonds. The first-order valence-electron chi connectivity index (χ1n) is 6.54. The Hall–Kier alpha value is -2.11. The predicted octanol–water partition coefficient (Wildman–Crippen LogP) is 1.78. The summed E-state index contributed by atoms with van der Waals surface area (Å²) in [6.07, 6.45) is 0.461. The Balaban J connectivity index is 2.44. The van der Waals surface area contributed by atoms with Gasteiger partial charge in [0.2, 0.25) is 0 Å². The number of carbonyl (C=O) groups is 2. The van der Waals surface area contributed by atoms with Gasteiger partial charge in [-0.15, -0.1) is 0 Å². The van der Waals surface area contributed by atoms with Crippen LogP contribution in [0.2, 0.25) is 0 Å². The Morgan fingerprint density at radius 2 is 2.15 bits per heavy atom. The van der Waals surface area contributed by atoms with E-state index >= 15 is 0 Å². The zero-order valence-electron chi connectivity index (χ0n) is 12.1. The third kappa shape index (κ3) is 5.69. The van der Waals surface area contributed by atoms with Crippen LogP contribution in [0.1, 0.15) is 31.2 Å². The molecule has 1 atom stereocenters. The largest absolute Gasteiger partial charge is 0.481 e. The van der Waals surface area contributed by atoms with Crippen molar-refractivity contribution in [2.24, 2.45) is 0 Å². The first-order chi connectivity index (χ1) is 9.38. The summed E-state index contributed by atoms with van der Waals surface area (Å²) in [6.45, 7) is 4.11. The van der Waals surface area contributed by atoms with Crippen molar-refractivity contribution in [3.05, 3.63) is 29.6 Å². The van der Waals surface area contributed by atoms with Gasteiger partial charge in [0.25, 0.3) is 0 Å². The quantitative estimate of drug-likeness (QED) is 0.831. The van der Waals surface area contributed by atoms with Crippen LogP contribution in [0, 0.1) is 6.92 Å². The molecule has 0 spiro atoms. The molecule has 0 aromatic carbocycles. The second kappa shape index (κ2) is 7.47. The third-order valence-corrected chi connectivity index (χ3v) is 2.85. The second-order valence-corrected chi connectivity index (χ2v) is 4.91. The highest BCUT2D eigenvalue weighted by Crippen LogP contribution is 2.03. The number of aryl methyl sites for hydroxylation is 1. The van der Waals surface area contributed by atoms with Gasteiger partial charge >= 0.3 is 12.0 Å². The van der Waals surface area contributed by atoms with Gasteiger partial charge in [0.05, 0.1) is 12.2 Å². The summed E-state index contributed by atoms with van der Waals surface area (Å²) in [7, 11) is 1.68. The highest BCUT2D eigenvalue weighted by molar-refractivity contribution is 5.74. The fourth-order valence-electron chi connectivity index (χ4n) is 1.74. The number of pyridine rings is 1. The lowest BCUT2D eigenvalue weighted by Crippen LogP contribution is -2.41. The molecule has 1 aromatic heterocycles. The predicted molar refractivity (Wildman–Crippen MR) is 75.3 cm³/mol. The van der Waals surface area contributed by atoms with E-state index in [9.17, 15) is 9.59 Å². The molecule has 0 bridgehead atoms. The average molecular weight is 279 g/mol. The van der Waals surface area contributed by atoms with E-state index < -0.39 is 5.97 Å². The lowest BCUT2D eigenvalue weighted by Gasteiger charge is -2.21. The number of aromatic nitrogens is 1. The highest BCUT2D eigenvalue weighted by atomic mass is 16.4. The van der Waals surface area contributed by atoms with Crippen LogP contribution in [0.15, 0.2) is 18.2 Å². The van der Waals surface area contributed by atoms with Crippen molar-refractivity contribution in [2.45, 2.75) is 39.3 Å². The Bertz CT molecular complexity index is 476. The van der Waals surface area contributed by atoms with E-state index in [4.69, 9.17) is 5.11 Å². The molecule has 1 rings (SSSR count). The van der Waals surface area contributed by atoms with Crippen LogP contribution in [-0.2, 0) is 11.3 Å². The van der Waals surface area contributed by atoms with E-state index in [1.807, 2.05) is 25.1 Å². The maximum Gasteiger partial charge on any atom is 0.317 e. The molecule has 1 heterocycles. The summed E-state index contributed by atoms with van der Waals surface area (Å²) in [5, 5.41) is 11.4. The van der Waals surface area contributed by atoms with Crippen molar-refractivity contribution in [1.29, 1.82) is 0 Å². The number of rotatable bonds is 6. The molecule has 0 radical (unpaired) electrons. The molecule has 0 aliphatic carbocycles. The fraction of sp³-hybridized carbons (Fsp3) is 0.500. The lowest BCUT2D eigenvalue weighted by molar-refractivity contribution is -0.137. The van der Waals surface area contributed by atoms with E-state index in [0.717, 1.165) is 11.4 Å². The number of nitrogens with one attached hydrogen (secondary N) is 1. The number of hydrogen-bond acceptors (Lipinski definition) is 3. The SMILES string of the molecule is Cc1cccc(CN(C)C(=O)NC(C)CCC(=O)O)n1. The molecule has 6 heteroatoms. The van der Waals surface area contributed by atoms with Gasteiger partial charge in [-0.05, 0) is 32.4 Å². The van der Waals surface area contributed by atoms with Crippen molar-refractivity contribution in [1.82, 2.24) is 15.2 Å². The number of hydrogen-bond donors (Lipinski definition) is 2. The molecule has 0 fully saturated rings. The molecular weight excluding hydrogens is 258 g/mol. The summed E-state index contributed by atoms with van der Waals surface area (Å²) in [4.78, 5) is 28.3. The summed E-state index contributed by atoms with van der Waals surface area (Å²) < 4.78 is 0. The number of carboxylic acid groups (broad SMARTS) is 1. The van der Waals surface area contributed by atoms with Gasteiger partial charge in [0, 0.05) is 25.2 Å². The Labute approximate surface area is 118 Å². The number of aliphatic carboxylic acids is 1. The van der Waals surface area contributed by atoms with Gasteiger partial charge in [-0.25, -0.2) is 4.79 Å². The smallest absolute Gasteiger partial charge is 0.317 e. The Morgan fingerprint density at radius 3 is 2.75 bits per heavy atom. The first-order valence-corrected chi connectivity index (χ1v) is 6.54. The van der Waals surface area contributed by atoms with Gasteiger partial charge in [-0.2, -0.15) is 0 Å². The van der Waals surface area contributed by atoms with Crippen LogP contribution in [0.25, 0.3) is 0 Å². The molecule has 110 valence electrons. The van der Waals surface area contributed by atoms with Crippen LogP contribution in [0.4, 0.5) is 4.79 Å². The maximum absolute atomic E-state index is 11.9. The monoisotopic (exact) mass is 279 g/mol.